The van der Waals surface area contributed by atoms with Crippen molar-refractivity contribution in [3.8, 4) is 0 Å². The van der Waals surface area contributed by atoms with E-state index in [-0.39, 0.29) is 46.6 Å². The first-order valence-electron chi connectivity index (χ1n) is 10.6. The van der Waals surface area contributed by atoms with Gasteiger partial charge in [0.15, 0.2) is 11.4 Å². The average molecular weight is 488 g/mol. The smallest absolute Gasteiger partial charge is 0.412 e. The van der Waals surface area contributed by atoms with Gasteiger partial charge in [0.2, 0.25) is 0 Å². The second-order valence-corrected chi connectivity index (χ2v) is 8.76. The number of benzene rings is 2. The van der Waals surface area contributed by atoms with Gasteiger partial charge in [0.25, 0.3) is 5.91 Å². The quantitative estimate of drug-likeness (QED) is 0.578. The number of fused-ring (bicyclic) bond motifs is 2. The van der Waals surface area contributed by atoms with Crippen molar-refractivity contribution in [1.29, 1.82) is 0 Å². The van der Waals surface area contributed by atoms with Crippen LogP contribution in [0.25, 0.3) is 0 Å². The van der Waals surface area contributed by atoms with Crippen molar-refractivity contribution in [1.82, 2.24) is 14.7 Å². The third kappa shape index (κ3) is 3.73. The van der Waals surface area contributed by atoms with E-state index in [9.17, 15) is 14.0 Å². The highest BCUT2D eigenvalue weighted by atomic mass is 35.5. The fourth-order valence-electron chi connectivity index (χ4n) is 4.61. The number of carbonyl (C=O) groups is 2. The molecular weight excluding hydrogens is 468 g/mol. The Morgan fingerprint density at radius 2 is 2.12 bits per heavy atom. The number of nitrogens with two attached hydrogens (primary N) is 1. The number of anilines is 2. The molecule has 1 atom stereocenters. The lowest BCUT2D eigenvalue weighted by Gasteiger charge is -2.45. The number of halogens is 3. The van der Waals surface area contributed by atoms with Gasteiger partial charge in [-0.2, -0.15) is 5.10 Å². The lowest BCUT2D eigenvalue weighted by Crippen LogP contribution is -2.53. The van der Waals surface area contributed by atoms with Gasteiger partial charge in [-0.25, -0.2) is 18.3 Å². The summed E-state index contributed by atoms with van der Waals surface area (Å²) in [6.07, 6.45) is 1.40. The van der Waals surface area contributed by atoms with Gasteiger partial charge in [-0.1, -0.05) is 23.7 Å². The summed E-state index contributed by atoms with van der Waals surface area (Å²) >= 11 is 6.00. The number of aromatic nitrogens is 2. The number of hydrogen-bond donors (Lipinski definition) is 2. The highest BCUT2D eigenvalue weighted by Gasteiger charge is 2.48. The summed E-state index contributed by atoms with van der Waals surface area (Å²) in [5.74, 6) is -1.40. The first-order chi connectivity index (χ1) is 16.3. The van der Waals surface area contributed by atoms with Crippen LogP contribution in [-0.2, 0) is 16.9 Å². The second-order valence-electron chi connectivity index (χ2n) is 8.35. The fraction of sp³-hybridized carbons (Fsp3) is 0.261. The maximum Gasteiger partial charge on any atom is 0.412 e. The van der Waals surface area contributed by atoms with E-state index in [0.29, 0.717) is 24.9 Å². The molecule has 11 heteroatoms. The number of ether oxygens (including phenoxy) is 1. The number of amides is 2. The van der Waals surface area contributed by atoms with E-state index in [1.807, 2.05) is 0 Å². The lowest BCUT2D eigenvalue weighted by molar-refractivity contribution is -0.0418. The van der Waals surface area contributed by atoms with Gasteiger partial charge < -0.3 is 15.4 Å². The molecule has 0 unspecified atom stereocenters. The van der Waals surface area contributed by atoms with Crippen LogP contribution in [0.2, 0.25) is 5.02 Å². The Bertz CT molecular complexity index is 1310. The molecule has 2 aliphatic heterocycles. The van der Waals surface area contributed by atoms with Crippen molar-refractivity contribution in [2.45, 2.75) is 25.0 Å². The van der Waals surface area contributed by atoms with E-state index in [4.69, 9.17) is 22.1 Å². The molecule has 5 rings (SSSR count). The highest BCUT2D eigenvalue weighted by molar-refractivity contribution is 6.31. The van der Waals surface area contributed by atoms with Crippen molar-refractivity contribution < 1.29 is 23.1 Å². The lowest BCUT2D eigenvalue weighted by atomic mass is 9.83. The van der Waals surface area contributed by atoms with Gasteiger partial charge in [-0.15, -0.1) is 0 Å². The van der Waals surface area contributed by atoms with E-state index in [1.54, 1.807) is 12.1 Å². The zero-order valence-electron chi connectivity index (χ0n) is 17.9. The molecule has 1 saturated heterocycles. The largest absolute Gasteiger partial charge is 0.436 e. The molecule has 0 radical (unpaired) electrons. The minimum absolute atomic E-state index is 0.0714. The number of hydrogen-bond acceptors (Lipinski definition) is 5. The third-order valence-corrected chi connectivity index (χ3v) is 6.44. The normalized spacial score (nSPS) is 19.5. The molecule has 3 N–H and O–H groups in total. The molecule has 0 bridgehead atoms. The summed E-state index contributed by atoms with van der Waals surface area (Å²) in [6, 6.07) is 8.86. The van der Waals surface area contributed by atoms with Gasteiger partial charge in [0.05, 0.1) is 35.6 Å². The van der Waals surface area contributed by atoms with Crippen molar-refractivity contribution in [2.24, 2.45) is 0 Å². The zero-order chi connectivity index (χ0) is 24.0. The van der Waals surface area contributed by atoms with Gasteiger partial charge in [-0.05, 0) is 42.7 Å². The van der Waals surface area contributed by atoms with Crippen LogP contribution in [0.1, 0.15) is 34.3 Å². The molecule has 0 saturated carbocycles. The van der Waals surface area contributed by atoms with Gasteiger partial charge in [0, 0.05) is 6.54 Å². The van der Waals surface area contributed by atoms with Crippen LogP contribution in [0.4, 0.5) is 25.1 Å². The molecule has 1 spiro atoms. The molecule has 34 heavy (non-hydrogen) atoms. The van der Waals surface area contributed by atoms with Crippen LogP contribution >= 0.6 is 11.6 Å². The Balaban J connectivity index is 1.44. The topological polar surface area (TPSA) is 102 Å². The van der Waals surface area contributed by atoms with E-state index in [2.05, 4.69) is 10.4 Å². The Kier molecular flexibility index (Phi) is 5.40. The average Bonchev–Trinajstić information content (AvgIpc) is 3.15. The molecule has 3 aromatic rings. The summed E-state index contributed by atoms with van der Waals surface area (Å²) in [5.41, 5.74) is 5.98. The number of nitrogens with zero attached hydrogens (tertiary/aromatic N) is 3. The van der Waals surface area contributed by atoms with Crippen LogP contribution in [0, 0.1) is 11.6 Å². The number of carbonyl (C=O) groups excluding carboxylic acids is 2. The third-order valence-electron chi connectivity index (χ3n) is 6.15. The summed E-state index contributed by atoms with van der Waals surface area (Å²) in [6.45, 7) is 0.469. The minimum atomic E-state index is -1.38. The molecule has 176 valence electrons. The Morgan fingerprint density at radius 3 is 2.91 bits per heavy atom. The van der Waals surface area contributed by atoms with Crippen molar-refractivity contribution in [3.63, 3.8) is 0 Å². The van der Waals surface area contributed by atoms with Crippen LogP contribution in [-0.4, -0.2) is 39.8 Å². The number of nitrogen functional groups attached to an aromatic ring is 1. The predicted octanol–water partition coefficient (Wildman–Crippen LogP) is 4.14. The predicted molar refractivity (Wildman–Crippen MR) is 120 cm³/mol. The van der Waals surface area contributed by atoms with Crippen molar-refractivity contribution in [3.05, 3.63) is 75.9 Å². The molecule has 1 aromatic heterocycles. The van der Waals surface area contributed by atoms with E-state index in [1.165, 1.54) is 40.0 Å². The number of rotatable bonds is 3. The standard InChI is InChI=1S/C23H20ClF2N5O3/c24-16-5-6-17-18(19(16)26)23(34-22(33)29-17)7-2-8-30(12-23)21(32)15-10-28-31(20(15)27)11-13-3-1-4-14(25)9-13/h1,3-6,9-10H,2,7-8,11-12,27H2,(H,29,33)/t23-/m0/s1. The molecule has 3 heterocycles. The number of nitrogens with one attached hydrogen (secondary N) is 1. The van der Waals surface area contributed by atoms with Crippen LogP contribution in [0.15, 0.2) is 42.6 Å². The maximum absolute atomic E-state index is 15.1. The first-order valence-corrected chi connectivity index (χ1v) is 11.0. The Labute approximate surface area is 198 Å². The second kappa shape index (κ2) is 8.28. The molecule has 2 amide bonds. The summed E-state index contributed by atoms with van der Waals surface area (Å²) < 4.78 is 35.6. The molecular formula is C23H20ClF2N5O3. The van der Waals surface area contributed by atoms with Crippen LogP contribution in [0.5, 0.6) is 0 Å². The molecule has 0 aliphatic carbocycles. The van der Waals surface area contributed by atoms with Crippen molar-refractivity contribution >= 4 is 35.1 Å². The Hall–Kier alpha value is -3.66. The van der Waals surface area contributed by atoms with E-state index < -0.39 is 23.4 Å². The minimum Gasteiger partial charge on any atom is -0.436 e. The summed E-state index contributed by atoms with van der Waals surface area (Å²) in [7, 11) is 0. The highest BCUT2D eigenvalue weighted by Crippen LogP contribution is 2.45. The van der Waals surface area contributed by atoms with E-state index in [0.717, 1.165) is 0 Å². The van der Waals surface area contributed by atoms with Crippen LogP contribution < -0.4 is 11.1 Å². The molecule has 2 aliphatic rings. The summed E-state index contributed by atoms with van der Waals surface area (Å²) in [4.78, 5) is 27.1. The zero-order valence-corrected chi connectivity index (χ0v) is 18.6. The fourth-order valence-corrected chi connectivity index (χ4v) is 4.77. The maximum atomic E-state index is 15.1. The SMILES string of the molecule is Nc1c(C(=O)N2CCC[C@@]3(C2)OC(=O)Nc2ccc(Cl)c(F)c23)cnn1Cc1cccc(F)c1. The van der Waals surface area contributed by atoms with E-state index >= 15 is 4.39 Å². The Morgan fingerprint density at radius 1 is 1.29 bits per heavy atom. The molecule has 1 fully saturated rings. The number of likely N-dealkylation sites (tertiary alicyclic amines) is 1. The number of piperidine rings is 1. The first kappa shape index (κ1) is 22.1. The van der Waals surface area contributed by atoms with Gasteiger partial charge >= 0.3 is 6.09 Å². The van der Waals surface area contributed by atoms with Gasteiger partial charge in [0.1, 0.15) is 17.2 Å². The molecule has 8 nitrogen and oxygen atoms in total. The van der Waals surface area contributed by atoms with Gasteiger partial charge in [-0.3, -0.25) is 10.1 Å². The van der Waals surface area contributed by atoms with Crippen LogP contribution in [0.3, 0.4) is 0 Å². The summed E-state index contributed by atoms with van der Waals surface area (Å²) in [5, 5.41) is 6.57. The molecule has 2 aromatic carbocycles. The van der Waals surface area contributed by atoms with Crippen molar-refractivity contribution in [2.75, 3.05) is 24.1 Å². The monoisotopic (exact) mass is 487 g/mol.